The molecule has 0 N–H and O–H groups in total. The summed E-state index contributed by atoms with van der Waals surface area (Å²) in [7, 11) is 0. The quantitative estimate of drug-likeness (QED) is 0.0261. The lowest BCUT2D eigenvalue weighted by molar-refractivity contribution is -0.167. The molecule has 70 heavy (non-hydrogen) atoms. The van der Waals surface area contributed by atoms with Crippen LogP contribution in [0.15, 0.2) is 48.6 Å². The van der Waals surface area contributed by atoms with Gasteiger partial charge in [-0.25, -0.2) is 0 Å². The van der Waals surface area contributed by atoms with E-state index in [1.54, 1.807) is 0 Å². The highest BCUT2D eigenvalue weighted by molar-refractivity contribution is 5.71. The molecule has 6 nitrogen and oxygen atoms in total. The Balaban J connectivity index is 4.28. The Bertz CT molecular complexity index is 1220. The van der Waals surface area contributed by atoms with Gasteiger partial charge in [0.05, 0.1) is 0 Å². The van der Waals surface area contributed by atoms with E-state index < -0.39 is 6.10 Å². The van der Waals surface area contributed by atoms with Crippen LogP contribution < -0.4 is 0 Å². The van der Waals surface area contributed by atoms with Crippen molar-refractivity contribution in [3.05, 3.63) is 48.6 Å². The van der Waals surface area contributed by atoms with E-state index in [4.69, 9.17) is 14.2 Å². The summed E-state index contributed by atoms with van der Waals surface area (Å²) in [5.74, 6) is -0.884. The maximum absolute atomic E-state index is 12.9. The van der Waals surface area contributed by atoms with Crippen molar-refractivity contribution in [3.8, 4) is 0 Å². The summed E-state index contributed by atoms with van der Waals surface area (Å²) < 4.78 is 16.9. The minimum Gasteiger partial charge on any atom is -0.462 e. The highest BCUT2D eigenvalue weighted by atomic mass is 16.6. The zero-order valence-corrected chi connectivity index (χ0v) is 46.8. The zero-order chi connectivity index (χ0) is 50.7. The summed E-state index contributed by atoms with van der Waals surface area (Å²) >= 11 is 0. The first-order valence-corrected chi connectivity index (χ1v) is 30.6. The Morgan fingerprint density at radius 3 is 0.871 bits per heavy atom. The predicted octanol–water partition coefficient (Wildman–Crippen LogP) is 20.6. The van der Waals surface area contributed by atoms with Crippen LogP contribution in [0.3, 0.4) is 0 Å². The maximum Gasteiger partial charge on any atom is 0.306 e. The first-order valence-electron chi connectivity index (χ1n) is 30.6. The van der Waals surface area contributed by atoms with Crippen LogP contribution in [-0.4, -0.2) is 37.2 Å². The fourth-order valence-corrected chi connectivity index (χ4v) is 9.02. The molecule has 0 aromatic rings. The van der Waals surface area contributed by atoms with Crippen molar-refractivity contribution in [3.63, 3.8) is 0 Å². The lowest BCUT2D eigenvalue weighted by Crippen LogP contribution is -2.30. The monoisotopic (exact) mass is 981 g/mol. The summed E-state index contributed by atoms with van der Waals surface area (Å²) in [6.07, 6.45) is 72.6. The smallest absolute Gasteiger partial charge is 0.306 e. The van der Waals surface area contributed by atoms with Crippen LogP contribution in [0.5, 0.6) is 0 Å². The molecule has 0 heterocycles. The summed E-state index contributed by atoms with van der Waals surface area (Å²) in [5, 5.41) is 0. The second-order valence-corrected chi connectivity index (χ2v) is 20.6. The van der Waals surface area contributed by atoms with E-state index in [1.165, 1.54) is 186 Å². The standard InChI is InChI=1S/C64H116O6/c1-4-7-10-13-16-19-22-25-27-29-30-31-32-33-34-36-37-39-42-45-48-51-54-57-63(66)69-60-61(59-68-62(65)56-53-50-47-44-41-24-21-18-15-12-9-6-3)70-64(67)58-55-52-49-46-43-40-38-35-28-26-23-20-17-14-11-8-5-2/h8,11,17,20,26,28,38,40,61H,4-7,9-10,12-16,18-19,21-25,27,29-37,39,41-60H2,1-3H3/b11-8-,20-17-,28-26-,40-38-. The van der Waals surface area contributed by atoms with Gasteiger partial charge in [-0.05, 0) is 57.8 Å². The van der Waals surface area contributed by atoms with Crippen molar-refractivity contribution in [2.24, 2.45) is 0 Å². The Labute approximate surface area is 435 Å². The zero-order valence-electron chi connectivity index (χ0n) is 46.8. The first kappa shape index (κ1) is 67.4. The van der Waals surface area contributed by atoms with Crippen molar-refractivity contribution < 1.29 is 28.6 Å². The van der Waals surface area contributed by atoms with Gasteiger partial charge in [0.1, 0.15) is 13.2 Å². The van der Waals surface area contributed by atoms with Gasteiger partial charge in [-0.2, -0.15) is 0 Å². The fourth-order valence-electron chi connectivity index (χ4n) is 9.02. The molecule has 0 aliphatic heterocycles. The second-order valence-electron chi connectivity index (χ2n) is 20.6. The Kier molecular flexibility index (Phi) is 56.7. The van der Waals surface area contributed by atoms with Crippen molar-refractivity contribution >= 4 is 17.9 Å². The van der Waals surface area contributed by atoms with Gasteiger partial charge in [0.25, 0.3) is 0 Å². The lowest BCUT2D eigenvalue weighted by Gasteiger charge is -2.18. The van der Waals surface area contributed by atoms with Gasteiger partial charge in [-0.15, -0.1) is 0 Å². The highest BCUT2D eigenvalue weighted by Gasteiger charge is 2.19. The molecule has 0 spiro atoms. The molecule has 0 fully saturated rings. The molecular formula is C64H116O6. The third kappa shape index (κ3) is 56.3. The van der Waals surface area contributed by atoms with Crippen molar-refractivity contribution in [1.29, 1.82) is 0 Å². The lowest BCUT2D eigenvalue weighted by atomic mass is 10.0. The summed E-state index contributed by atoms with van der Waals surface area (Å²) in [6.45, 7) is 6.55. The fraction of sp³-hybridized carbons (Fsp3) is 0.828. The Morgan fingerprint density at radius 1 is 0.300 bits per heavy atom. The Morgan fingerprint density at radius 2 is 0.557 bits per heavy atom. The van der Waals surface area contributed by atoms with Gasteiger partial charge >= 0.3 is 17.9 Å². The molecule has 0 aromatic carbocycles. The highest BCUT2D eigenvalue weighted by Crippen LogP contribution is 2.17. The number of esters is 3. The minimum atomic E-state index is -0.782. The molecule has 0 amide bonds. The van der Waals surface area contributed by atoms with Gasteiger partial charge in [0, 0.05) is 19.3 Å². The van der Waals surface area contributed by atoms with Gasteiger partial charge in [0.15, 0.2) is 6.10 Å². The van der Waals surface area contributed by atoms with Crippen LogP contribution in [-0.2, 0) is 28.6 Å². The average molecular weight is 982 g/mol. The van der Waals surface area contributed by atoms with E-state index in [0.717, 1.165) is 96.3 Å². The molecule has 408 valence electrons. The largest absolute Gasteiger partial charge is 0.462 e. The van der Waals surface area contributed by atoms with E-state index in [9.17, 15) is 14.4 Å². The number of carbonyl (C=O) groups is 3. The first-order chi connectivity index (χ1) is 34.5. The van der Waals surface area contributed by atoms with Gasteiger partial charge in [-0.1, -0.05) is 294 Å². The van der Waals surface area contributed by atoms with Crippen molar-refractivity contribution in [2.45, 2.75) is 329 Å². The van der Waals surface area contributed by atoms with Crippen LogP contribution in [0, 0.1) is 0 Å². The van der Waals surface area contributed by atoms with Crippen LogP contribution in [0.4, 0.5) is 0 Å². The normalized spacial score (nSPS) is 12.3. The third-order valence-corrected chi connectivity index (χ3v) is 13.6. The van der Waals surface area contributed by atoms with Gasteiger partial charge in [-0.3, -0.25) is 14.4 Å². The van der Waals surface area contributed by atoms with E-state index >= 15 is 0 Å². The molecule has 0 saturated heterocycles. The number of ether oxygens (including phenoxy) is 3. The van der Waals surface area contributed by atoms with E-state index in [1.807, 2.05) is 0 Å². The molecule has 0 bridgehead atoms. The van der Waals surface area contributed by atoms with Crippen LogP contribution in [0.1, 0.15) is 323 Å². The minimum absolute atomic E-state index is 0.0787. The third-order valence-electron chi connectivity index (χ3n) is 13.6. The second kappa shape index (κ2) is 58.9. The number of hydrogen-bond acceptors (Lipinski definition) is 6. The summed E-state index contributed by atoms with van der Waals surface area (Å²) in [5.41, 5.74) is 0. The number of carbonyl (C=O) groups excluding carboxylic acids is 3. The molecule has 0 saturated carbocycles. The average Bonchev–Trinajstić information content (AvgIpc) is 3.36. The van der Waals surface area contributed by atoms with E-state index in [2.05, 4.69) is 69.4 Å². The molecular weight excluding hydrogens is 865 g/mol. The molecule has 0 aromatic heterocycles. The molecule has 1 unspecified atom stereocenters. The maximum atomic E-state index is 12.9. The number of rotatable bonds is 56. The van der Waals surface area contributed by atoms with Crippen LogP contribution in [0.25, 0.3) is 0 Å². The van der Waals surface area contributed by atoms with Crippen LogP contribution in [0.2, 0.25) is 0 Å². The van der Waals surface area contributed by atoms with Crippen LogP contribution >= 0.6 is 0 Å². The molecule has 0 rings (SSSR count). The van der Waals surface area contributed by atoms with Crippen molar-refractivity contribution in [1.82, 2.24) is 0 Å². The topological polar surface area (TPSA) is 78.9 Å². The van der Waals surface area contributed by atoms with E-state index in [0.29, 0.717) is 19.3 Å². The summed E-state index contributed by atoms with van der Waals surface area (Å²) in [6, 6.07) is 0. The Hall–Kier alpha value is -2.63. The molecule has 1 atom stereocenters. The predicted molar refractivity (Wildman–Crippen MR) is 302 cm³/mol. The van der Waals surface area contributed by atoms with E-state index in [-0.39, 0.29) is 31.1 Å². The number of allylic oxidation sites excluding steroid dienone is 8. The van der Waals surface area contributed by atoms with Crippen molar-refractivity contribution in [2.75, 3.05) is 13.2 Å². The summed E-state index contributed by atoms with van der Waals surface area (Å²) in [4.78, 5) is 38.2. The number of hydrogen-bond donors (Lipinski definition) is 0. The molecule has 0 radical (unpaired) electrons. The van der Waals surface area contributed by atoms with Gasteiger partial charge in [0.2, 0.25) is 0 Å². The number of unbranched alkanes of at least 4 members (excludes halogenated alkanes) is 37. The molecule has 0 aliphatic rings. The van der Waals surface area contributed by atoms with Gasteiger partial charge < -0.3 is 14.2 Å². The SMILES string of the molecule is CC/C=C\C/C=C\C/C=C\C/C=C\CCCCCCC(=O)OC(COC(=O)CCCCCCCCCCCCCC)COC(=O)CCCCCCCCCCCCCCCCCCCCCCCCC. The molecule has 0 aliphatic carbocycles. The molecule has 6 heteroatoms.